The lowest BCUT2D eigenvalue weighted by Gasteiger charge is -2.42. The second-order valence-corrected chi connectivity index (χ2v) is 4.77. The quantitative estimate of drug-likeness (QED) is 0.753. The maximum absolute atomic E-state index is 3.51. The molecule has 1 rings (SSSR count). The lowest BCUT2D eigenvalue weighted by molar-refractivity contribution is 0.108. The molecule has 0 aromatic rings. The van der Waals surface area contributed by atoms with E-state index in [0.717, 1.165) is 12.0 Å². The van der Waals surface area contributed by atoms with Gasteiger partial charge >= 0.3 is 0 Å². The van der Waals surface area contributed by atoms with E-state index < -0.39 is 0 Å². The molecule has 2 heteroatoms. The van der Waals surface area contributed by atoms with Crippen molar-refractivity contribution >= 4 is 0 Å². The van der Waals surface area contributed by atoms with Gasteiger partial charge in [0.2, 0.25) is 0 Å². The predicted molar refractivity (Wildman–Crippen MR) is 67.2 cm³/mol. The lowest BCUT2D eigenvalue weighted by atomic mass is 9.80. The Labute approximate surface area is 95.4 Å². The molecule has 0 bridgehead atoms. The standard InChI is InChI=1S/C13H28N2/c1-5-11-8-9-12(14-4)13(10-11)15(6-2)7-3/h11-14H,5-10H2,1-4H3. The molecule has 0 aromatic carbocycles. The minimum absolute atomic E-state index is 0.715. The summed E-state index contributed by atoms with van der Waals surface area (Å²) >= 11 is 0. The second-order valence-electron chi connectivity index (χ2n) is 4.77. The number of hydrogen-bond donors (Lipinski definition) is 1. The Morgan fingerprint density at radius 2 is 1.80 bits per heavy atom. The van der Waals surface area contributed by atoms with Crippen molar-refractivity contribution < 1.29 is 0 Å². The molecular formula is C13H28N2. The summed E-state index contributed by atoms with van der Waals surface area (Å²) < 4.78 is 0. The van der Waals surface area contributed by atoms with Gasteiger partial charge in [-0.1, -0.05) is 27.2 Å². The first-order valence-electron chi connectivity index (χ1n) is 6.68. The van der Waals surface area contributed by atoms with Gasteiger partial charge in [-0.3, -0.25) is 4.90 Å². The van der Waals surface area contributed by atoms with Crippen LogP contribution in [0.1, 0.15) is 46.5 Å². The van der Waals surface area contributed by atoms with Gasteiger partial charge < -0.3 is 5.32 Å². The van der Waals surface area contributed by atoms with Crippen molar-refractivity contribution in [3.05, 3.63) is 0 Å². The third-order valence-corrected chi connectivity index (χ3v) is 4.15. The van der Waals surface area contributed by atoms with Gasteiger partial charge in [-0.2, -0.15) is 0 Å². The normalized spacial score (nSPS) is 32.2. The van der Waals surface area contributed by atoms with E-state index in [9.17, 15) is 0 Å². The van der Waals surface area contributed by atoms with Crippen LogP contribution in [-0.4, -0.2) is 37.1 Å². The summed E-state index contributed by atoms with van der Waals surface area (Å²) in [5.74, 6) is 0.959. The van der Waals surface area contributed by atoms with E-state index in [2.05, 4.69) is 38.0 Å². The van der Waals surface area contributed by atoms with Gasteiger partial charge in [0.1, 0.15) is 0 Å². The predicted octanol–water partition coefficient (Wildman–Crippen LogP) is 2.49. The maximum Gasteiger partial charge on any atom is 0.0251 e. The number of rotatable bonds is 5. The van der Waals surface area contributed by atoms with E-state index in [1.165, 1.54) is 38.8 Å². The van der Waals surface area contributed by atoms with Crippen molar-refractivity contribution in [1.82, 2.24) is 10.2 Å². The van der Waals surface area contributed by atoms with Gasteiger partial charge in [0, 0.05) is 12.1 Å². The smallest absolute Gasteiger partial charge is 0.0251 e. The van der Waals surface area contributed by atoms with Crippen molar-refractivity contribution in [2.75, 3.05) is 20.1 Å². The highest BCUT2D eigenvalue weighted by molar-refractivity contribution is 4.89. The average Bonchev–Trinajstić information content (AvgIpc) is 2.30. The molecule has 1 aliphatic rings. The van der Waals surface area contributed by atoms with E-state index in [0.29, 0.717) is 6.04 Å². The van der Waals surface area contributed by atoms with Crippen molar-refractivity contribution in [2.24, 2.45) is 5.92 Å². The van der Waals surface area contributed by atoms with Gasteiger partial charge in [-0.15, -0.1) is 0 Å². The molecule has 3 atom stereocenters. The molecule has 15 heavy (non-hydrogen) atoms. The van der Waals surface area contributed by atoms with E-state index in [1.54, 1.807) is 0 Å². The Bertz CT molecular complexity index is 158. The molecule has 1 aliphatic carbocycles. The lowest BCUT2D eigenvalue weighted by Crippen LogP contribution is -2.52. The highest BCUT2D eigenvalue weighted by Crippen LogP contribution is 2.29. The third-order valence-electron chi connectivity index (χ3n) is 4.15. The second kappa shape index (κ2) is 6.49. The first-order chi connectivity index (χ1) is 7.26. The zero-order valence-electron chi connectivity index (χ0n) is 10.9. The van der Waals surface area contributed by atoms with Crippen LogP contribution >= 0.6 is 0 Å². The van der Waals surface area contributed by atoms with E-state index in [-0.39, 0.29) is 0 Å². The van der Waals surface area contributed by atoms with Crippen LogP contribution < -0.4 is 5.32 Å². The van der Waals surface area contributed by atoms with Crippen LogP contribution in [0.25, 0.3) is 0 Å². The number of nitrogens with zero attached hydrogens (tertiary/aromatic N) is 1. The molecule has 1 N–H and O–H groups in total. The molecular weight excluding hydrogens is 184 g/mol. The molecule has 1 fully saturated rings. The fraction of sp³-hybridized carbons (Fsp3) is 1.00. The Morgan fingerprint density at radius 1 is 1.13 bits per heavy atom. The van der Waals surface area contributed by atoms with Crippen LogP contribution in [0.5, 0.6) is 0 Å². The van der Waals surface area contributed by atoms with Gasteiger partial charge in [-0.05, 0) is 45.3 Å². The monoisotopic (exact) mass is 212 g/mol. The molecule has 90 valence electrons. The Morgan fingerprint density at radius 3 is 2.27 bits per heavy atom. The highest BCUT2D eigenvalue weighted by Gasteiger charge is 2.31. The van der Waals surface area contributed by atoms with Gasteiger partial charge in [0.15, 0.2) is 0 Å². The molecule has 0 radical (unpaired) electrons. The van der Waals surface area contributed by atoms with Crippen LogP contribution in [0.3, 0.4) is 0 Å². The summed E-state index contributed by atoms with van der Waals surface area (Å²) in [5.41, 5.74) is 0. The zero-order chi connectivity index (χ0) is 11.3. The van der Waals surface area contributed by atoms with Gasteiger partial charge in [0.05, 0.1) is 0 Å². The van der Waals surface area contributed by atoms with Crippen LogP contribution in [0.15, 0.2) is 0 Å². The summed E-state index contributed by atoms with van der Waals surface area (Å²) in [7, 11) is 2.12. The molecule has 0 aromatic heterocycles. The number of likely N-dealkylation sites (N-methyl/N-ethyl adjacent to an activating group) is 2. The minimum atomic E-state index is 0.715. The summed E-state index contributed by atoms with van der Waals surface area (Å²) in [5, 5.41) is 3.51. The molecule has 2 nitrogen and oxygen atoms in total. The minimum Gasteiger partial charge on any atom is -0.315 e. The molecule has 3 unspecified atom stereocenters. The average molecular weight is 212 g/mol. The van der Waals surface area contributed by atoms with Crippen LogP contribution in [0, 0.1) is 5.92 Å². The van der Waals surface area contributed by atoms with E-state index in [1.807, 2.05) is 0 Å². The SMILES string of the molecule is CCC1CCC(NC)C(N(CC)CC)C1. The largest absolute Gasteiger partial charge is 0.315 e. The Kier molecular flexibility index (Phi) is 5.62. The van der Waals surface area contributed by atoms with Gasteiger partial charge in [0.25, 0.3) is 0 Å². The summed E-state index contributed by atoms with van der Waals surface area (Å²) in [6, 6.07) is 1.48. The van der Waals surface area contributed by atoms with E-state index in [4.69, 9.17) is 0 Å². The topological polar surface area (TPSA) is 15.3 Å². The molecule has 0 saturated heterocycles. The first-order valence-corrected chi connectivity index (χ1v) is 6.68. The maximum atomic E-state index is 3.51. The highest BCUT2D eigenvalue weighted by atomic mass is 15.2. The fourth-order valence-electron chi connectivity index (χ4n) is 3.03. The summed E-state index contributed by atoms with van der Waals surface area (Å²) in [6.45, 7) is 9.28. The van der Waals surface area contributed by atoms with Crippen LogP contribution in [-0.2, 0) is 0 Å². The van der Waals surface area contributed by atoms with Crippen molar-refractivity contribution in [2.45, 2.75) is 58.5 Å². The van der Waals surface area contributed by atoms with Crippen molar-refractivity contribution in [3.8, 4) is 0 Å². The summed E-state index contributed by atoms with van der Waals surface area (Å²) in [6.07, 6.45) is 5.52. The summed E-state index contributed by atoms with van der Waals surface area (Å²) in [4.78, 5) is 2.63. The molecule has 0 amide bonds. The molecule has 0 aliphatic heterocycles. The molecule has 1 saturated carbocycles. The molecule has 0 spiro atoms. The Balaban J connectivity index is 2.61. The molecule has 0 heterocycles. The van der Waals surface area contributed by atoms with Crippen LogP contribution in [0.4, 0.5) is 0 Å². The van der Waals surface area contributed by atoms with Crippen molar-refractivity contribution in [3.63, 3.8) is 0 Å². The first kappa shape index (κ1) is 13.0. The Hall–Kier alpha value is -0.0800. The number of hydrogen-bond acceptors (Lipinski definition) is 2. The van der Waals surface area contributed by atoms with Crippen molar-refractivity contribution in [1.29, 1.82) is 0 Å². The fourth-order valence-corrected chi connectivity index (χ4v) is 3.03. The number of nitrogens with one attached hydrogen (secondary N) is 1. The van der Waals surface area contributed by atoms with Crippen LogP contribution in [0.2, 0.25) is 0 Å². The zero-order valence-corrected chi connectivity index (χ0v) is 10.9. The van der Waals surface area contributed by atoms with E-state index >= 15 is 0 Å². The van der Waals surface area contributed by atoms with Gasteiger partial charge in [-0.25, -0.2) is 0 Å². The third kappa shape index (κ3) is 3.18.